The summed E-state index contributed by atoms with van der Waals surface area (Å²) in [6.45, 7) is 4.35. The first-order chi connectivity index (χ1) is 9.67. The van der Waals surface area contributed by atoms with E-state index in [-0.39, 0.29) is 5.91 Å². The van der Waals surface area contributed by atoms with E-state index < -0.39 is 5.41 Å². The fourth-order valence-corrected chi connectivity index (χ4v) is 3.32. The lowest BCUT2D eigenvalue weighted by Gasteiger charge is -2.27. The van der Waals surface area contributed by atoms with Gasteiger partial charge in [0.05, 0.1) is 23.0 Å². The number of nitrogens with zero attached hydrogens (tertiary/aromatic N) is 3. The highest BCUT2D eigenvalue weighted by Crippen LogP contribution is 2.45. The molecular weight excluding hydrogens is 250 g/mol. The van der Waals surface area contributed by atoms with Crippen molar-refractivity contribution in [3.8, 4) is 0 Å². The van der Waals surface area contributed by atoms with Crippen molar-refractivity contribution in [2.45, 2.75) is 64.2 Å². The number of rotatable bonds is 7. The summed E-state index contributed by atoms with van der Waals surface area (Å²) in [5, 5.41) is 0. The molecule has 0 saturated carbocycles. The smallest absolute Gasteiger partial charge is 0.239 e. The number of hydrogen-bond donors (Lipinski definition) is 0. The molecule has 4 heteroatoms. The summed E-state index contributed by atoms with van der Waals surface area (Å²) in [5.41, 5.74) is 1.43. The molecule has 1 atom stereocenters. The number of hydrogen-bond acceptors (Lipinski definition) is 3. The van der Waals surface area contributed by atoms with Crippen LogP contribution in [0.2, 0.25) is 0 Å². The Kier molecular flexibility index (Phi) is 4.73. The molecule has 2 rings (SSSR count). The lowest BCUT2D eigenvalue weighted by molar-refractivity contribution is -0.123. The Bertz CT molecular complexity index is 475. The van der Waals surface area contributed by atoms with Crippen molar-refractivity contribution < 1.29 is 4.79 Å². The van der Waals surface area contributed by atoms with Crippen LogP contribution in [-0.2, 0) is 10.2 Å². The molecule has 1 aromatic heterocycles. The Morgan fingerprint density at radius 3 is 2.65 bits per heavy atom. The van der Waals surface area contributed by atoms with Crippen molar-refractivity contribution >= 4 is 11.6 Å². The Morgan fingerprint density at radius 1 is 1.15 bits per heavy atom. The van der Waals surface area contributed by atoms with Gasteiger partial charge in [0.25, 0.3) is 0 Å². The van der Waals surface area contributed by atoms with Crippen LogP contribution in [0, 0.1) is 0 Å². The summed E-state index contributed by atoms with van der Waals surface area (Å²) in [7, 11) is 1.84. The molecule has 4 nitrogen and oxygen atoms in total. The number of amides is 1. The molecule has 0 fully saturated rings. The van der Waals surface area contributed by atoms with E-state index in [0.29, 0.717) is 0 Å². The number of aromatic nitrogens is 2. The number of likely N-dealkylation sites (N-methyl/N-ethyl adjacent to an activating group) is 1. The van der Waals surface area contributed by atoms with E-state index in [1.165, 1.54) is 19.3 Å². The van der Waals surface area contributed by atoms with Crippen LogP contribution in [0.15, 0.2) is 12.5 Å². The molecule has 0 N–H and O–H groups in total. The largest absolute Gasteiger partial charge is 0.312 e. The Labute approximate surface area is 121 Å². The third-order valence-corrected chi connectivity index (χ3v) is 4.36. The molecule has 0 saturated heterocycles. The van der Waals surface area contributed by atoms with Gasteiger partial charge in [-0.25, -0.2) is 9.97 Å². The predicted molar refractivity (Wildman–Crippen MR) is 80.8 cm³/mol. The van der Waals surface area contributed by atoms with E-state index in [0.717, 1.165) is 37.1 Å². The monoisotopic (exact) mass is 275 g/mol. The molecule has 0 aliphatic carbocycles. The third-order valence-electron chi connectivity index (χ3n) is 4.36. The molecule has 1 aliphatic heterocycles. The van der Waals surface area contributed by atoms with Gasteiger partial charge in [-0.2, -0.15) is 0 Å². The number of anilines is 1. The Balaban J connectivity index is 2.29. The van der Waals surface area contributed by atoms with Crippen molar-refractivity contribution in [1.29, 1.82) is 0 Å². The van der Waals surface area contributed by atoms with Gasteiger partial charge in [0.15, 0.2) is 0 Å². The van der Waals surface area contributed by atoms with Crippen LogP contribution in [-0.4, -0.2) is 22.9 Å². The average molecular weight is 275 g/mol. The molecule has 2 heterocycles. The van der Waals surface area contributed by atoms with Crippen LogP contribution < -0.4 is 4.90 Å². The average Bonchev–Trinajstić information content (AvgIpc) is 2.68. The zero-order valence-electron chi connectivity index (χ0n) is 12.9. The molecular formula is C16H25N3O. The predicted octanol–water partition coefficient (Wildman–Crippen LogP) is 3.46. The molecule has 1 aliphatic rings. The first kappa shape index (κ1) is 14.9. The van der Waals surface area contributed by atoms with Gasteiger partial charge < -0.3 is 4.90 Å². The summed E-state index contributed by atoms with van der Waals surface area (Å²) >= 11 is 0. The van der Waals surface area contributed by atoms with Gasteiger partial charge in [-0.05, 0) is 12.8 Å². The fraction of sp³-hybridized carbons (Fsp3) is 0.688. The molecule has 1 unspecified atom stereocenters. The van der Waals surface area contributed by atoms with E-state index in [9.17, 15) is 4.79 Å². The molecule has 1 aromatic rings. The van der Waals surface area contributed by atoms with E-state index >= 15 is 0 Å². The fourth-order valence-electron chi connectivity index (χ4n) is 3.32. The second-order valence-corrected chi connectivity index (χ2v) is 5.76. The molecule has 0 radical (unpaired) electrons. The van der Waals surface area contributed by atoms with Gasteiger partial charge in [0.1, 0.15) is 6.33 Å². The van der Waals surface area contributed by atoms with Crippen LogP contribution >= 0.6 is 0 Å². The number of carbonyl (C=O) groups excluding carboxylic acids is 1. The molecule has 1 amide bonds. The van der Waals surface area contributed by atoms with E-state index in [1.54, 1.807) is 17.4 Å². The van der Waals surface area contributed by atoms with Crippen molar-refractivity contribution in [3.05, 3.63) is 18.2 Å². The normalized spacial score (nSPS) is 21.4. The minimum atomic E-state index is -0.407. The molecule has 0 spiro atoms. The SMILES string of the molecule is CCCCCCC1(CCC)C(=O)N(C)c2cncnc21. The third kappa shape index (κ3) is 2.43. The van der Waals surface area contributed by atoms with E-state index in [2.05, 4.69) is 23.8 Å². The summed E-state index contributed by atoms with van der Waals surface area (Å²) in [5.74, 6) is 0.200. The summed E-state index contributed by atoms with van der Waals surface area (Å²) in [4.78, 5) is 23.1. The minimum Gasteiger partial charge on any atom is -0.312 e. The standard InChI is InChI=1S/C16H25N3O/c1-4-6-7-8-10-16(9-5-2)14-13(11-17-12-18-14)19(3)15(16)20/h11-12H,4-10H2,1-3H3. The lowest BCUT2D eigenvalue weighted by Crippen LogP contribution is -2.39. The highest BCUT2D eigenvalue weighted by molar-refractivity contribution is 6.06. The summed E-state index contributed by atoms with van der Waals surface area (Å²) in [6, 6.07) is 0. The zero-order chi connectivity index (χ0) is 14.6. The van der Waals surface area contributed by atoms with Gasteiger partial charge >= 0.3 is 0 Å². The maximum Gasteiger partial charge on any atom is 0.239 e. The zero-order valence-corrected chi connectivity index (χ0v) is 12.9. The van der Waals surface area contributed by atoms with Gasteiger partial charge in [-0.15, -0.1) is 0 Å². The second-order valence-electron chi connectivity index (χ2n) is 5.76. The van der Waals surface area contributed by atoms with Gasteiger partial charge in [0.2, 0.25) is 5.91 Å². The molecule has 0 aromatic carbocycles. The number of unbranched alkanes of at least 4 members (excludes halogenated alkanes) is 3. The first-order valence-electron chi connectivity index (χ1n) is 7.76. The number of carbonyl (C=O) groups is 1. The molecule has 0 bridgehead atoms. The minimum absolute atomic E-state index is 0.200. The quantitative estimate of drug-likeness (QED) is 0.716. The second kappa shape index (κ2) is 6.33. The van der Waals surface area contributed by atoms with Crippen LogP contribution in [0.3, 0.4) is 0 Å². The van der Waals surface area contributed by atoms with Crippen LogP contribution in [0.25, 0.3) is 0 Å². The van der Waals surface area contributed by atoms with Crippen LogP contribution in [0.1, 0.15) is 64.5 Å². The van der Waals surface area contributed by atoms with E-state index in [4.69, 9.17) is 0 Å². The van der Waals surface area contributed by atoms with Crippen molar-refractivity contribution in [3.63, 3.8) is 0 Å². The summed E-state index contributed by atoms with van der Waals surface area (Å²) in [6.07, 6.45) is 10.9. The maximum absolute atomic E-state index is 12.8. The maximum atomic E-state index is 12.8. The van der Waals surface area contributed by atoms with E-state index in [1.807, 2.05) is 7.05 Å². The van der Waals surface area contributed by atoms with Crippen molar-refractivity contribution in [1.82, 2.24) is 9.97 Å². The number of fused-ring (bicyclic) bond motifs is 1. The van der Waals surface area contributed by atoms with Gasteiger partial charge in [-0.3, -0.25) is 4.79 Å². The van der Waals surface area contributed by atoms with Crippen molar-refractivity contribution in [2.75, 3.05) is 11.9 Å². The highest BCUT2D eigenvalue weighted by atomic mass is 16.2. The summed E-state index contributed by atoms with van der Waals surface area (Å²) < 4.78 is 0. The van der Waals surface area contributed by atoms with Crippen LogP contribution in [0.5, 0.6) is 0 Å². The Morgan fingerprint density at radius 2 is 1.95 bits per heavy atom. The van der Waals surface area contributed by atoms with Crippen molar-refractivity contribution in [2.24, 2.45) is 0 Å². The molecule has 20 heavy (non-hydrogen) atoms. The van der Waals surface area contributed by atoms with Gasteiger partial charge in [0, 0.05) is 7.05 Å². The first-order valence-corrected chi connectivity index (χ1v) is 7.76. The van der Waals surface area contributed by atoms with Crippen LogP contribution in [0.4, 0.5) is 5.69 Å². The highest BCUT2D eigenvalue weighted by Gasteiger charge is 2.49. The Hall–Kier alpha value is -1.45. The topological polar surface area (TPSA) is 46.1 Å². The molecule has 110 valence electrons. The lowest BCUT2D eigenvalue weighted by atomic mass is 9.76. The van der Waals surface area contributed by atoms with Gasteiger partial charge in [-0.1, -0.05) is 46.0 Å².